The number of nitrogens with one attached hydrogen (secondary N) is 1. The van der Waals surface area contributed by atoms with Crippen LogP contribution in [0.5, 0.6) is 0 Å². The zero-order valence-electron chi connectivity index (χ0n) is 9.88. The summed E-state index contributed by atoms with van der Waals surface area (Å²) in [7, 11) is 0. The lowest BCUT2D eigenvalue weighted by Gasteiger charge is -2.22. The van der Waals surface area contributed by atoms with E-state index in [2.05, 4.69) is 17.4 Å². The molecule has 1 unspecified atom stereocenters. The monoisotopic (exact) mass is 221 g/mol. The summed E-state index contributed by atoms with van der Waals surface area (Å²) in [6.07, 6.45) is 2.82. The molecule has 1 aromatic carbocycles. The average molecular weight is 221 g/mol. The Morgan fingerprint density at radius 1 is 1.25 bits per heavy atom. The van der Waals surface area contributed by atoms with E-state index in [9.17, 15) is 4.39 Å². The third-order valence-corrected chi connectivity index (χ3v) is 3.42. The summed E-state index contributed by atoms with van der Waals surface area (Å²) in [6.45, 7) is 3.87. The van der Waals surface area contributed by atoms with Crippen molar-refractivity contribution in [3.05, 3.63) is 35.4 Å². The smallest absolute Gasteiger partial charge is 0.122 e. The first-order valence-corrected chi connectivity index (χ1v) is 6.19. The molecule has 1 N–H and O–H groups in total. The van der Waals surface area contributed by atoms with Crippen LogP contribution in [-0.4, -0.2) is 13.1 Å². The third-order valence-electron chi connectivity index (χ3n) is 3.42. The minimum absolute atomic E-state index is 0.786. The van der Waals surface area contributed by atoms with Gasteiger partial charge in [0.2, 0.25) is 0 Å². The molecule has 0 amide bonds. The molecule has 0 aromatic heterocycles. The van der Waals surface area contributed by atoms with Crippen LogP contribution < -0.4 is 5.32 Å². The molecular formula is C14H20FN. The summed E-state index contributed by atoms with van der Waals surface area (Å²) in [5.41, 5.74) is 2.13. The SMILES string of the molecule is CC(F)c1ccc(CC2CCNCC2)cc1. The van der Waals surface area contributed by atoms with Crippen molar-refractivity contribution >= 4 is 0 Å². The molecule has 1 atom stereocenters. The molecule has 0 saturated carbocycles. The molecule has 2 heteroatoms. The molecule has 1 heterocycles. The van der Waals surface area contributed by atoms with Crippen molar-refractivity contribution < 1.29 is 4.39 Å². The highest BCUT2D eigenvalue weighted by Gasteiger charge is 2.13. The predicted octanol–water partition coefficient (Wildman–Crippen LogP) is 3.26. The van der Waals surface area contributed by atoms with Gasteiger partial charge in [0.25, 0.3) is 0 Å². The van der Waals surface area contributed by atoms with Crippen molar-refractivity contribution in [2.75, 3.05) is 13.1 Å². The third kappa shape index (κ3) is 3.05. The van der Waals surface area contributed by atoms with Crippen molar-refractivity contribution in [1.82, 2.24) is 5.32 Å². The molecule has 88 valence electrons. The lowest BCUT2D eigenvalue weighted by molar-refractivity contribution is 0.370. The van der Waals surface area contributed by atoms with E-state index in [4.69, 9.17) is 0 Å². The van der Waals surface area contributed by atoms with Gasteiger partial charge in [0.1, 0.15) is 6.17 Å². The van der Waals surface area contributed by atoms with Crippen LogP contribution in [0.3, 0.4) is 0 Å². The minimum atomic E-state index is -0.854. The fraction of sp³-hybridized carbons (Fsp3) is 0.571. The number of hydrogen-bond donors (Lipinski definition) is 1. The molecule has 1 fully saturated rings. The lowest BCUT2D eigenvalue weighted by atomic mass is 9.90. The quantitative estimate of drug-likeness (QED) is 0.826. The van der Waals surface area contributed by atoms with E-state index in [-0.39, 0.29) is 0 Å². The first kappa shape index (κ1) is 11.6. The van der Waals surface area contributed by atoms with Gasteiger partial charge in [0.15, 0.2) is 0 Å². The van der Waals surface area contributed by atoms with Gasteiger partial charge in [-0.15, -0.1) is 0 Å². The molecule has 2 rings (SSSR count). The van der Waals surface area contributed by atoms with Crippen molar-refractivity contribution in [1.29, 1.82) is 0 Å². The maximum atomic E-state index is 13.0. The van der Waals surface area contributed by atoms with E-state index in [1.807, 2.05) is 12.1 Å². The van der Waals surface area contributed by atoms with Gasteiger partial charge in [-0.25, -0.2) is 4.39 Å². The molecular weight excluding hydrogens is 201 g/mol. The number of halogens is 1. The topological polar surface area (TPSA) is 12.0 Å². The molecule has 0 bridgehead atoms. The van der Waals surface area contributed by atoms with Gasteiger partial charge in [-0.3, -0.25) is 0 Å². The first-order chi connectivity index (χ1) is 7.75. The van der Waals surface area contributed by atoms with Crippen LogP contribution in [0.25, 0.3) is 0 Å². The molecule has 1 aromatic rings. The second kappa shape index (κ2) is 5.44. The zero-order valence-corrected chi connectivity index (χ0v) is 9.88. The number of rotatable bonds is 3. The first-order valence-electron chi connectivity index (χ1n) is 6.19. The van der Waals surface area contributed by atoms with Crippen molar-refractivity contribution in [2.24, 2.45) is 5.92 Å². The molecule has 0 radical (unpaired) electrons. The van der Waals surface area contributed by atoms with Crippen molar-refractivity contribution in [3.8, 4) is 0 Å². The maximum Gasteiger partial charge on any atom is 0.122 e. The summed E-state index contributed by atoms with van der Waals surface area (Å²) < 4.78 is 13.0. The minimum Gasteiger partial charge on any atom is -0.317 e. The normalized spacial score (nSPS) is 19.6. The molecule has 16 heavy (non-hydrogen) atoms. The van der Waals surface area contributed by atoms with Crippen molar-refractivity contribution in [2.45, 2.75) is 32.4 Å². The number of piperidine rings is 1. The number of hydrogen-bond acceptors (Lipinski definition) is 1. The van der Waals surface area contributed by atoms with Crippen LogP contribution in [0.1, 0.15) is 37.1 Å². The van der Waals surface area contributed by atoms with Gasteiger partial charge in [-0.1, -0.05) is 24.3 Å². The second-order valence-corrected chi connectivity index (χ2v) is 4.76. The van der Waals surface area contributed by atoms with Crippen LogP contribution in [0, 0.1) is 5.92 Å². The summed E-state index contributed by atoms with van der Waals surface area (Å²) in [4.78, 5) is 0. The Kier molecular flexibility index (Phi) is 3.94. The average Bonchev–Trinajstić information content (AvgIpc) is 2.31. The molecule has 1 saturated heterocycles. The Hall–Kier alpha value is -0.890. The number of alkyl halides is 1. The largest absolute Gasteiger partial charge is 0.317 e. The van der Waals surface area contributed by atoms with Crippen LogP contribution in [0.2, 0.25) is 0 Å². The molecule has 1 aliphatic heterocycles. The fourth-order valence-electron chi connectivity index (χ4n) is 2.34. The highest BCUT2D eigenvalue weighted by atomic mass is 19.1. The van der Waals surface area contributed by atoms with Gasteiger partial charge < -0.3 is 5.32 Å². The van der Waals surface area contributed by atoms with Crippen LogP contribution in [0.4, 0.5) is 4.39 Å². The van der Waals surface area contributed by atoms with E-state index in [0.29, 0.717) is 0 Å². The summed E-state index contributed by atoms with van der Waals surface area (Å²) in [5.74, 6) is 0.801. The maximum absolute atomic E-state index is 13.0. The molecule has 0 aliphatic carbocycles. The van der Waals surface area contributed by atoms with Gasteiger partial charge in [-0.05, 0) is 56.3 Å². The highest BCUT2D eigenvalue weighted by molar-refractivity contribution is 5.24. The van der Waals surface area contributed by atoms with Gasteiger partial charge in [0.05, 0.1) is 0 Å². The van der Waals surface area contributed by atoms with E-state index in [1.54, 1.807) is 6.92 Å². The van der Waals surface area contributed by atoms with Gasteiger partial charge in [0, 0.05) is 0 Å². The summed E-state index contributed by atoms with van der Waals surface area (Å²) >= 11 is 0. The van der Waals surface area contributed by atoms with E-state index in [1.165, 1.54) is 18.4 Å². The standard InChI is InChI=1S/C14H20FN/c1-11(15)14-4-2-12(3-5-14)10-13-6-8-16-9-7-13/h2-5,11,13,16H,6-10H2,1H3. The van der Waals surface area contributed by atoms with E-state index in [0.717, 1.165) is 31.0 Å². The Balaban J connectivity index is 1.93. The molecule has 0 spiro atoms. The summed E-state index contributed by atoms with van der Waals surface area (Å²) in [5, 5.41) is 3.37. The highest BCUT2D eigenvalue weighted by Crippen LogP contribution is 2.21. The van der Waals surface area contributed by atoms with E-state index >= 15 is 0 Å². The molecule has 1 aliphatic rings. The fourth-order valence-corrected chi connectivity index (χ4v) is 2.34. The predicted molar refractivity (Wildman–Crippen MR) is 65.3 cm³/mol. The van der Waals surface area contributed by atoms with E-state index < -0.39 is 6.17 Å². The van der Waals surface area contributed by atoms with Gasteiger partial charge >= 0.3 is 0 Å². The zero-order chi connectivity index (χ0) is 11.4. The Bertz CT molecular complexity index is 312. The van der Waals surface area contributed by atoms with Crippen molar-refractivity contribution in [3.63, 3.8) is 0 Å². The number of benzene rings is 1. The van der Waals surface area contributed by atoms with Crippen LogP contribution in [-0.2, 0) is 6.42 Å². The second-order valence-electron chi connectivity index (χ2n) is 4.76. The van der Waals surface area contributed by atoms with Crippen LogP contribution in [0.15, 0.2) is 24.3 Å². The summed E-state index contributed by atoms with van der Waals surface area (Å²) in [6, 6.07) is 7.99. The molecule has 1 nitrogen and oxygen atoms in total. The van der Waals surface area contributed by atoms with Crippen LogP contribution >= 0.6 is 0 Å². The van der Waals surface area contributed by atoms with Gasteiger partial charge in [-0.2, -0.15) is 0 Å². The Morgan fingerprint density at radius 3 is 2.44 bits per heavy atom. The Morgan fingerprint density at radius 2 is 1.88 bits per heavy atom. The lowest BCUT2D eigenvalue weighted by Crippen LogP contribution is -2.28. The Labute approximate surface area is 97.1 Å².